The van der Waals surface area contributed by atoms with Crippen molar-refractivity contribution < 1.29 is 35.0 Å². The maximum atomic E-state index is 10.0. The molecular weight excluding hydrogens is 304 g/mol. The van der Waals surface area contributed by atoms with Gasteiger partial charge in [0.25, 0.3) is 0 Å². The van der Waals surface area contributed by atoms with Gasteiger partial charge in [-0.2, -0.15) is 0 Å². The van der Waals surface area contributed by atoms with E-state index in [2.05, 4.69) is 0 Å². The Bertz CT molecular complexity index is 543. The minimum absolute atomic E-state index is 0.0429. The van der Waals surface area contributed by atoms with Crippen LogP contribution in [0.5, 0.6) is 11.5 Å². The number of aromatic hydroxyl groups is 1. The summed E-state index contributed by atoms with van der Waals surface area (Å²) in [7, 11) is 0. The van der Waals surface area contributed by atoms with E-state index in [0.29, 0.717) is 16.9 Å². The van der Waals surface area contributed by atoms with E-state index in [9.17, 15) is 25.5 Å². The Balaban J connectivity index is 2.29. The van der Waals surface area contributed by atoms with Gasteiger partial charge in [-0.15, -0.1) is 0 Å². The number of phenols is 1. The molecule has 0 bridgehead atoms. The largest absolute Gasteiger partial charge is 0.508 e. The molecule has 5 N–H and O–H groups in total. The smallest absolute Gasteiger partial charge is 0.229 e. The normalized spacial score (nSPS) is 31.4. The van der Waals surface area contributed by atoms with Gasteiger partial charge in [-0.25, -0.2) is 0 Å². The van der Waals surface area contributed by atoms with Gasteiger partial charge in [-0.3, -0.25) is 0 Å². The highest BCUT2D eigenvalue weighted by Crippen LogP contribution is 2.34. The number of aliphatic hydroxyl groups is 4. The topological polar surface area (TPSA) is 120 Å². The van der Waals surface area contributed by atoms with Crippen molar-refractivity contribution in [3.63, 3.8) is 0 Å². The highest BCUT2D eigenvalue weighted by molar-refractivity contribution is 5.46. The molecule has 1 fully saturated rings. The predicted molar refractivity (Wildman–Crippen MR) is 81.3 cm³/mol. The zero-order valence-corrected chi connectivity index (χ0v) is 13.4. The third-order valence-electron chi connectivity index (χ3n) is 4.04. The molecule has 0 unspecified atom stereocenters. The fourth-order valence-corrected chi connectivity index (χ4v) is 2.53. The SMILES string of the molecule is Cc1cc(O[C@@H]2O[C@H](CO)[C@@H](O)[C@H](O)[C@H]2O)c(C(C)C)cc1O. The van der Waals surface area contributed by atoms with Crippen molar-refractivity contribution in [3.05, 3.63) is 23.3 Å². The molecule has 7 nitrogen and oxygen atoms in total. The van der Waals surface area contributed by atoms with Gasteiger partial charge < -0.3 is 35.0 Å². The monoisotopic (exact) mass is 328 g/mol. The zero-order chi connectivity index (χ0) is 17.3. The molecule has 1 saturated heterocycles. The minimum atomic E-state index is -1.49. The van der Waals surface area contributed by atoms with Crippen LogP contribution in [0.15, 0.2) is 12.1 Å². The average molecular weight is 328 g/mol. The number of aliphatic hydroxyl groups excluding tert-OH is 4. The van der Waals surface area contributed by atoms with E-state index in [0.717, 1.165) is 0 Å². The van der Waals surface area contributed by atoms with Crippen molar-refractivity contribution in [3.8, 4) is 11.5 Å². The van der Waals surface area contributed by atoms with Gasteiger partial charge in [0.2, 0.25) is 6.29 Å². The lowest BCUT2D eigenvalue weighted by atomic mass is 9.98. The second kappa shape index (κ2) is 7.02. The van der Waals surface area contributed by atoms with Gasteiger partial charge in [0.05, 0.1) is 6.61 Å². The molecule has 23 heavy (non-hydrogen) atoms. The summed E-state index contributed by atoms with van der Waals surface area (Å²) in [5, 5.41) is 48.7. The molecule has 0 aliphatic carbocycles. The Morgan fingerprint density at radius 3 is 2.35 bits per heavy atom. The summed E-state index contributed by atoms with van der Waals surface area (Å²) < 4.78 is 11.0. The van der Waals surface area contributed by atoms with E-state index in [1.54, 1.807) is 19.1 Å². The van der Waals surface area contributed by atoms with Crippen molar-refractivity contribution in [2.75, 3.05) is 6.61 Å². The van der Waals surface area contributed by atoms with Gasteiger partial charge >= 0.3 is 0 Å². The fraction of sp³-hybridized carbons (Fsp3) is 0.625. The Morgan fingerprint density at radius 2 is 1.78 bits per heavy atom. The summed E-state index contributed by atoms with van der Waals surface area (Å²) in [5.74, 6) is 0.580. The van der Waals surface area contributed by atoms with E-state index in [1.165, 1.54) is 0 Å². The summed E-state index contributed by atoms with van der Waals surface area (Å²) >= 11 is 0. The van der Waals surface area contributed by atoms with E-state index in [1.807, 2.05) is 13.8 Å². The first kappa shape index (κ1) is 18.0. The van der Waals surface area contributed by atoms with Crippen LogP contribution in [0.1, 0.15) is 30.9 Å². The van der Waals surface area contributed by atoms with E-state index in [-0.39, 0.29) is 11.7 Å². The first-order valence-corrected chi connectivity index (χ1v) is 7.57. The Labute approximate surface area is 134 Å². The van der Waals surface area contributed by atoms with Gasteiger partial charge in [0.1, 0.15) is 35.9 Å². The number of phenolic OH excluding ortho intramolecular Hbond substituents is 1. The molecule has 0 aromatic heterocycles. The lowest BCUT2D eigenvalue weighted by Crippen LogP contribution is -2.60. The van der Waals surface area contributed by atoms with Crippen LogP contribution in [0.25, 0.3) is 0 Å². The molecule has 1 aromatic rings. The molecule has 0 radical (unpaired) electrons. The third kappa shape index (κ3) is 3.59. The van der Waals surface area contributed by atoms with Crippen LogP contribution in [-0.2, 0) is 4.74 Å². The van der Waals surface area contributed by atoms with Crippen molar-refractivity contribution in [2.45, 2.75) is 57.4 Å². The van der Waals surface area contributed by atoms with Gasteiger partial charge in [0.15, 0.2) is 0 Å². The second-order valence-corrected chi connectivity index (χ2v) is 6.15. The molecule has 130 valence electrons. The Hall–Kier alpha value is -1.38. The minimum Gasteiger partial charge on any atom is -0.508 e. The number of benzene rings is 1. The number of ether oxygens (including phenoxy) is 2. The molecule has 1 aromatic carbocycles. The third-order valence-corrected chi connectivity index (χ3v) is 4.04. The number of aryl methyl sites for hydroxylation is 1. The van der Waals surface area contributed by atoms with Crippen LogP contribution >= 0.6 is 0 Å². The van der Waals surface area contributed by atoms with Crippen LogP contribution in [0.2, 0.25) is 0 Å². The first-order valence-electron chi connectivity index (χ1n) is 7.57. The van der Waals surface area contributed by atoms with Crippen molar-refractivity contribution in [1.29, 1.82) is 0 Å². The maximum Gasteiger partial charge on any atom is 0.229 e. The van der Waals surface area contributed by atoms with Crippen LogP contribution in [0.4, 0.5) is 0 Å². The summed E-state index contributed by atoms with van der Waals surface area (Å²) in [4.78, 5) is 0. The number of hydrogen-bond acceptors (Lipinski definition) is 7. The molecule has 0 amide bonds. The predicted octanol–water partition coefficient (Wildman–Crippen LogP) is 0.00272. The van der Waals surface area contributed by atoms with E-state index in [4.69, 9.17) is 9.47 Å². The van der Waals surface area contributed by atoms with Crippen molar-refractivity contribution in [2.24, 2.45) is 0 Å². The van der Waals surface area contributed by atoms with E-state index >= 15 is 0 Å². The maximum absolute atomic E-state index is 10.0. The number of hydrogen-bond donors (Lipinski definition) is 5. The molecule has 1 aliphatic rings. The molecule has 1 aliphatic heterocycles. The Morgan fingerprint density at radius 1 is 1.13 bits per heavy atom. The second-order valence-electron chi connectivity index (χ2n) is 6.15. The molecule has 5 atom stereocenters. The molecule has 2 rings (SSSR count). The molecule has 0 saturated carbocycles. The lowest BCUT2D eigenvalue weighted by Gasteiger charge is -2.39. The summed E-state index contributed by atoms with van der Waals surface area (Å²) in [6, 6.07) is 3.20. The lowest BCUT2D eigenvalue weighted by molar-refractivity contribution is -0.277. The van der Waals surface area contributed by atoms with Gasteiger partial charge in [0, 0.05) is 5.56 Å². The van der Waals surface area contributed by atoms with Crippen molar-refractivity contribution in [1.82, 2.24) is 0 Å². The van der Waals surface area contributed by atoms with Crippen molar-refractivity contribution >= 4 is 0 Å². The quantitative estimate of drug-likeness (QED) is 0.528. The Kier molecular flexibility index (Phi) is 5.49. The molecule has 7 heteroatoms. The molecular formula is C16H24O7. The van der Waals surface area contributed by atoms with Gasteiger partial charge in [-0.05, 0) is 30.5 Å². The number of rotatable bonds is 4. The highest BCUT2D eigenvalue weighted by atomic mass is 16.7. The van der Waals surface area contributed by atoms with Crippen LogP contribution in [0, 0.1) is 6.92 Å². The summed E-state index contributed by atoms with van der Waals surface area (Å²) in [6.45, 7) is 5.03. The first-order chi connectivity index (χ1) is 10.8. The summed E-state index contributed by atoms with van der Waals surface area (Å²) in [5.41, 5.74) is 1.30. The zero-order valence-electron chi connectivity index (χ0n) is 13.4. The van der Waals surface area contributed by atoms with Crippen LogP contribution in [0.3, 0.4) is 0 Å². The molecule has 0 spiro atoms. The van der Waals surface area contributed by atoms with E-state index < -0.39 is 37.3 Å². The fourth-order valence-electron chi connectivity index (χ4n) is 2.53. The van der Waals surface area contributed by atoms with Crippen LogP contribution in [-0.4, -0.2) is 62.8 Å². The highest BCUT2D eigenvalue weighted by Gasteiger charge is 2.44. The standard InChI is InChI=1S/C16H24O7/c1-7(2)9-5-10(18)8(3)4-11(9)22-16-15(21)14(20)13(19)12(6-17)23-16/h4-5,7,12-21H,6H2,1-3H3/t12-,13-,14+,15-,16-/m1/s1. The average Bonchev–Trinajstić information content (AvgIpc) is 2.50. The van der Waals surface area contributed by atoms with Crippen LogP contribution < -0.4 is 4.74 Å². The van der Waals surface area contributed by atoms with Gasteiger partial charge in [-0.1, -0.05) is 13.8 Å². The molecule has 1 heterocycles. The summed E-state index contributed by atoms with van der Waals surface area (Å²) in [6.07, 6.45) is -6.67.